The molecular formula is C13H8ClNO2. The zero-order valence-corrected chi connectivity index (χ0v) is 9.48. The average Bonchev–Trinajstić information content (AvgIpc) is 2.63. The molecule has 0 amide bonds. The van der Waals surface area contributed by atoms with Gasteiger partial charge >= 0.3 is 5.97 Å². The zero-order valence-electron chi connectivity index (χ0n) is 8.72. The molecule has 1 atom stereocenters. The number of carbonyl (C=O) groups is 1. The minimum atomic E-state index is -1.51. The molecule has 17 heavy (non-hydrogen) atoms. The summed E-state index contributed by atoms with van der Waals surface area (Å²) in [6.07, 6.45) is 1.64. The van der Waals surface area contributed by atoms with Crippen molar-refractivity contribution < 1.29 is 9.90 Å². The molecule has 84 valence electrons. The maximum absolute atomic E-state index is 11.5. The number of hydrogen-bond acceptors (Lipinski definition) is 2. The third kappa shape index (κ3) is 1.17. The van der Waals surface area contributed by atoms with Gasteiger partial charge in [-0.3, -0.25) is 4.98 Å². The second kappa shape index (κ2) is 3.31. The fraction of sp³-hybridized carbons (Fsp3) is 0.0769. The molecule has 1 N–H and O–H groups in total. The summed E-state index contributed by atoms with van der Waals surface area (Å²) in [6.45, 7) is 0. The maximum atomic E-state index is 11.5. The lowest BCUT2D eigenvalue weighted by Gasteiger charge is -2.18. The molecule has 3 rings (SSSR count). The van der Waals surface area contributed by atoms with Crippen molar-refractivity contribution in [1.82, 2.24) is 4.98 Å². The first kappa shape index (κ1) is 10.3. The highest BCUT2D eigenvalue weighted by molar-refractivity contribution is 6.37. The molecule has 3 nitrogen and oxygen atoms in total. The number of carboxylic acids is 1. The van der Waals surface area contributed by atoms with Gasteiger partial charge in [-0.1, -0.05) is 41.9 Å². The number of pyridine rings is 1. The molecule has 1 heterocycles. The molecule has 0 saturated heterocycles. The molecule has 1 aromatic heterocycles. The number of hydrogen-bond donors (Lipinski definition) is 1. The molecule has 0 fully saturated rings. The quantitative estimate of drug-likeness (QED) is 0.786. The number of aromatic nitrogens is 1. The molecule has 1 unspecified atom stereocenters. The van der Waals surface area contributed by atoms with Gasteiger partial charge in [0.15, 0.2) is 4.87 Å². The highest BCUT2D eigenvalue weighted by atomic mass is 35.5. The van der Waals surface area contributed by atoms with Crippen LogP contribution in [0.1, 0.15) is 11.1 Å². The summed E-state index contributed by atoms with van der Waals surface area (Å²) >= 11 is 6.33. The van der Waals surface area contributed by atoms with Crippen molar-refractivity contribution in [3.05, 3.63) is 53.7 Å². The van der Waals surface area contributed by atoms with Gasteiger partial charge in [0, 0.05) is 17.3 Å². The zero-order chi connectivity index (χ0) is 12.0. The van der Waals surface area contributed by atoms with E-state index >= 15 is 0 Å². The van der Waals surface area contributed by atoms with Gasteiger partial charge in [0.25, 0.3) is 0 Å². The number of nitrogens with zero attached hydrogens (tertiary/aromatic N) is 1. The van der Waals surface area contributed by atoms with E-state index in [0.717, 1.165) is 5.56 Å². The number of carboxylic acid groups (broad SMARTS) is 1. The number of aliphatic carboxylic acids is 1. The van der Waals surface area contributed by atoms with Crippen molar-refractivity contribution in [1.29, 1.82) is 0 Å². The van der Waals surface area contributed by atoms with Gasteiger partial charge in [-0.2, -0.15) is 0 Å². The van der Waals surface area contributed by atoms with Crippen LogP contribution in [0.4, 0.5) is 0 Å². The first-order chi connectivity index (χ1) is 8.15. The van der Waals surface area contributed by atoms with Crippen LogP contribution in [-0.2, 0) is 9.67 Å². The van der Waals surface area contributed by atoms with E-state index in [0.29, 0.717) is 16.8 Å². The molecule has 1 aromatic carbocycles. The smallest absolute Gasteiger partial charge is 0.334 e. The lowest BCUT2D eigenvalue weighted by Crippen LogP contribution is -2.28. The maximum Gasteiger partial charge on any atom is 0.334 e. The predicted octanol–water partition coefficient (Wildman–Crippen LogP) is 2.63. The van der Waals surface area contributed by atoms with Crippen molar-refractivity contribution in [2.75, 3.05) is 0 Å². The Bertz CT molecular complexity index is 579. The molecule has 0 aliphatic heterocycles. The molecule has 1 aliphatic rings. The summed E-state index contributed by atoms with van der Waals surface area (Å²) in [6, 6.07) is 10.6. The van der Waals surface area contributed by atoms with Crippen LogP contribution in [0.25, 0.3) is 11.3 Å². The number of fused-ring (bicyclic) bond motifs is 3. The fourth-order valence-electron chi connectivity index (χ4n) is 2.26. The molecule has 4 heteroatoms. The van der Waals surface area contributed by atoms with Gasteiger partial charge in [0.1, 0.15) is 0 Å². The minimum Gasteiger partial charge on any atom is -0.479 e. The predicted molar refractivity (Wildman–Crippen MR) is 63.9 cm³/mol. The normalized spacial score (nSPS) is 20.8. The summed E-state index contributed by atoms with van der Waals surface area (Å²) in [7, 11) is 0. The monoisotopic (exact) mass is 245 g/mol. The highest BCUT2D eigenvalue weighted by Gasteiger charge is 2.48. The summed E-state index contributed by atoms with van der Waals surface area (Å²) in [5.41, 5.74) is 2.57. The van der Waals surface area contributed by atoms with Gasteiger partial charge in [0.05, 0.1) is 5.69 Å². The third-order valence-electron chi connectivity index (χ3n) is 3.03. The fourth-order valence-corrected chi connectivity index (χ4v) is 2.58. The van der Waals surface area contributed by atoms with E-state index in [1.165, 1.54) is 0 Å². The Labute approximate surface area is 103 Å². The van der Waals surface area contributed by atoms with Crippen LogP contribution in [0.15, 0.2) is 42.6 Å². The van der Waals surface area contributed by atoms with Crippen LogP contribution in [0.5, 0.6) is 0 Å². The van der Waals surface area contributed by atoms with E-state index in [-0.39, 0.29) is 0 Å². The number of alkyl halides is 1. The topological polar surface area (TPSA) is 50.2 Å². The van der Waals surface area contributed by atoms with E-state index in [1.807, 2.05) is 12.1 Å². The van der Waals surface area contributed by atoms with Crippen LogP contribution < -0.4 is 0 Å². The van der Waals surface area contributed by atoms with Gasteiger partial charge in [0.2, 0.25) is 0 Å². The Balaban J connectivity index is 2.43. The van der Waals surface area contributed by atoms with E-state index < -0.39 is 10.8 Å². The number of benzene rings is 1. The Morgan fingerprint density at radius 3 is 2.65 bits per heavy atom. The first-order valence-electron chi connectivity index (χ1n) is 5.13. The lowest BCUT2D eigenvalue weighted by molar-refractivity contribution is -0.139. The molecule has 0 saturated carbocycles. The molecule has 0 spiro atoms. The van der Waals surface area contributed by atoms with E-state index in [1.54, 1.807) is 30.5 Å². The Morgan fingerprint density at radius 1 is 1.18 bits per heavy atom. The first-order valence-corrected chi connectivity index (χ1v) is 5.51. The van der Waals surface area contributed by atoms with Crippen molar-refractivity contribution in [3.63, 3.8) is 0 Å². The standard InChI is InChI=1S/C13H8ClNO2/c14-13(12(16)17)9-5-2-1-4-8(9)11-10(13)6-3-7-15-11/h1-7H,(H,16,17). The highest BCUT2D eigenvalue weighted by Crippen LogP contribution is 2.50. The number of rotatable bonds is 1. The van der Waals surface area contributed by atoms with Crippen molar-refractivity contribution in [3.8, 4) is 11.3 Å². The Kier molecular flexibility index (Phi) is 2.00. The van der Waals surface area contributed by atoms with E-state index in [4.69, 9.17) is 11.6 Å². The minimum absolute atomic E-state index is 0.537. The van der Waals surface area contributed by atoms with Gasteiger partial charge in [-0.05, 0) is 11.6 Å². The molecule has 1 aliphatic carbocycles. The van der Waals surface area contributed by atoms with Crippen LogP contribution in [0.2, 0.25) is 0 Å². The van der Waals surface area contributed by atoms with Crippen LogP contribution in [0.3, 0.4) is 0 Å². The second-order valence-electron chi connectivity index (χ2n) is 3.91. The van der Waals surface area contributed by atoms with Crippen molar-refractivity contribution >= 4 is 17.6 Å². The van der Waals surface area contributed by atoms with E-state index in [9.17, 15) is 9.90 Å². The Hall–Kier alpha value is -1.87. The third-order valence-corrected chi connectivity index (χ3v) is 3.60. The van der Waals surface area contributed by atoms with Crippen molar-refractivity contribution in [2.45, 2.75) is 4.87 Å². The summed E-state index contributed by atoms with van der Waals surface area (Å²) < 4.78 is 0. The number of halogens is 1. The molecule has 2 aromatic rings. The summed E-state index contributed by atoms with van der Waals surface area (Å²) in [5, 5.41) is 9.41. The lowest BCUT2D eigenvalue weighted by atomic mass is 9.97. The largest absolute Gasteiger partial charge is 0.479 e. The molecular weight excluding hydrogens is 238 g/mol. The SMILES string of the molecule is O=C(O)C1(Cl)c2ccccc2-c2ncccc21. The van der Waals surface area contributed by atoms with Crippen LogP contribution in [-0.4, -0.2) is 16.1 Å². The Morgan fingerprint density at radius 2 is 1.88 bits per heavy atom. The van der Waals surface area contributed by atoms with Gasteiger partial charge < -0.3 is 5.11 Å². The average molecular weight is 246 g/mol. The van der Waals surface area contributed by atoms with Crippen molar-refractivity contribution in [2.24, 2.45) is 0 Å². The summed E-state index contributed by atoms with van der Waals surface area (Å²) in [5.74, 6) is -1.07. The molecule has 0 radical (unpaired) electrons. The van der Waals surface area contributed by atoms with Gasteiger partial charge in [-0.15, -0.1) is 0 Å². The van der Waals surface area contributed by atoms with Crippen LogP contribution >= 0.6 is 11.6 Å². The molecule has 0 bridgehead atoms. The van der Waals surface area contributed by atoms with Gasteiger partial charge in [-0.25, -0.2) is 4.79 Å². The van der Waals surface area contributed by atoms with E-state index in [2.05, 4.69) is 4.98 Å². The van der Waals surface area contributed by atoms with Crippen LogP contribution in [0, 0.1) is 0 Å². The second-order valence-corrected chi connectivity index (χ2v) is 4.48. The summed E-state index contributed by atoms with van der Waals surface area (Å²) in [4.78, 5) is 14.2.